The lowest BCUT2D eigenvalue weighted by atomic mass is 10.1. The average molecular weight is 379 g/mol. The van der Waals surface area contributed by atoms with Crippen molar-refractivity contribution in [2.45, 2.75) is 36.6 Å². The molecule has 27 heavy (non-hydrogen) atoms. The van der Waals surface area contributed by atoms with Crippen LogP contribution in [-0.2, 0) is 11.2 Å². The fourth-order valence-corrected chi connectivity index (χ4v) is 4.28. The van der Waals surface area contributed by atoms with E-state index in [1.807, 2.05) is 35.2 Å². The molecule has 1 saturated heterocycles. The number of aromatic nitrogens is 3. The number of carbonyl (C=O) groups excluding carboxylic acids is 1. The highest BCUT2D eigenvalue weighted by Gasteiger charge is 2.31. The standard InChI is InChI=1S/C21H22N4OS/c1-2-15-10-12-16(13-11-15)19-22-21(24-23-19)27-18-9-6-14-25(20(18)26)17-7-4-3-5-8-17/h3-5,7-8,10-13,18H,2,6,9,14H2,1H3,(H,22,23,24). The molecule has 138 valence electrons. The number of H-pyrrole nitrogens is 1. The molecule has 1 fully saturated rings. The molecular formula is C21H22N4OS. The summed E-state index contributed by atoms with van der Waals surface area (Å²) in [4.78, 5) is 19.4. The molecule has 1 aliphatic heterocycles. The second-order valence-electron chi connectivity index (χ2n) is 6.59. The second-order valence-corrected chi connectivity index (χ2v) is 7.76. The van der Waals surface area contributed by atoms with E-state index >= 15 is 0 Å². The Kier molecular flexibility index (Phi) is 5.25. The van der Waals surface area contributed by atoms with Gasteiger partial charge in [-0.25, -0.2) is 4.98 Å². The van der Waals surface area contributed by atoms with E-state index in [4.69, 9.17) is 0 Å². The van der Waals surface area contributed by atoms with Gasteiger partial charge in [0.25, 0.3) is 0 Å². The molecule has 4 rings (SSSR count). The van der Waals surface area contributed by atoms with Crippen LogP contribution < -0.4 is 4.90 Å². The maximum absolute atomic E-state index is 12.9. The Bertz CT molecular complexity index is 907. The van der Waals surface area contributed by atoms with Gasteiger partial charge in [0.05, 0.1) is 5.25 Å². The van der Waals surface area contributed by atoms with Crippen molar-refractivity contribution in [3.8, 4) is 11.4 Å². The summed E-state index contributed by atoms with van der Waals surface area (Å²) < 4.78 is 0. The molecule has 1 unspecified atom stereocenters. The number of aromatic amines is 1. The summed E-state index contributed by atoms with van der Waals surface area (Å²) >= 11 is 1.45. The molecule has 1 amide bonds. The predicted molar refractivity (Wildman–Crippen MR) is 109 cm³/mol. The number of hydrogen-bond donors (Lipinski definition) is 1. The zero-order valence-corrected chi connectivity index (χ0v) is 16.1. The first-order chi connectivity index (χ1) is 13.2. The van der Waals surface area contributed by atoms with Gasteiger partial charge in [0.1, 0.15) is 0 Å². The van der Waals surface area contributed by atoms with E-state index in [2.05, 4.69) is 46.4 Å². The van der Waals surface area contributed by atoms with Crippen molar-refractivity contribution in [3.05, 3.63) is 60.2 Å². The minimum Gasteiger partial charge on any atom is -0.311 e. The number of benzene rings is 2. The quantitative estimate of drug-likeness (QED) is 0.718. The molecule has 1 N–H and O–H groups in total. The maximum Gasteiger partial charge on any atom is 0.240 e. The van der Waals surface area contributed by atoms with Gasteiger partial charge in [-0.2, -0.15) is 0 Å². The Morgan fingerprint density at radius 2 is 1.93 bits per heavy atom. The Morgan fingerprint density at radius 1 is 1.15 bits per heavy atom. The van der Waals surface area contributed by atoms with Gasteiger partial charge in [-0.15, -0.1) is 5.10 Å². The smallest absolute Gasteiger partial charge is 0.240 e. The number of piperidine rings is 1. The highest BCUT2D eigenvalue weighted by atomic mass is 32.2. The number of nitrogens with one attached hydrogen (secondary N) is 1. The van der Waals surface area contributed by atoms with E-state index in [1.54, 1.807) is 0 Å². The van der Waals surface area contributed by atoms with Gasteiger partial charge in [0.15, 0.2) is 5.82 Å². The van der Waals surface area contributed by atoms with Crippen LogP contribution in [0.1, 0.15) is 25.3 Å². The van der Waals surface area contributed by atoms with Gasteiger partial charge >= 0.3 is 0 Å². The number of rotatable bonds is 5. The molecule has 1 aromatic heterocycles. The van der Waals surface area contributed by atoms with Gasteiger partial charge in [0.2, 0.25) is 11.1 Å². The van der Waals surface area contributed by atoms with Crippen LogP contribution in [0.2, 0.25) is 0 Å². The Hall–Kier alpha value is -2.60. The topological polar surface area (TPSA) is 61.9 Å². The molecule has 5 nitrogen and oxygen atoms in total. The van der Waals surface area contributed by atoms with Crippen LogP contribution in [0.3, 0.4) is 0 Å². The van der Waals surface area contributed by atoms with Crippen molar-refractivity contribution in [2.75, 3.05) is 11.4 Å². The van der Waals surface area contributed by atoms with Gasteiger partial charge in [-0.05, 0) is 37.0 Å². The van der Waals surface area contributed by atoms with Crippen LogP contribution in [0, 0.1) is 0 Å². The molecular weight excluding hydrogens is 356 g/mol. The van der Waals surface area contributed by atoms with Crippen LogP contribution in [-0.4, -0.2) is 32.9 Å². The van der Waals surface area contributed by atoms with E-state index in [0.717, 1.165) is 42.9 Å². The van der Waals surface area contributed by atoms with Crippen LogP contribution in [0.5, 0.6) is 0 Å². The third-order valence-electron chi connectivity index (χ3n) is 4.81. The second kappa shape index (κ2) is 7.96. The molecule has 0 aliphatic carbocycles. The molecule has 0 spiro atoms. The molecule has 0 radical (unpaired) electrons. The molecule has 2 aromatic carbocycles. The molecule has 1 atom stereocenters. The first-order valence-corrected chi connectivity index (χ1v) is 10.2. The molecule has 1 aliphatic rings. The lowest BCUT2D eigenvalue weighted by molar-refractivity contribution is -0.119. The summed E-state index contributed by atoms with van der Waals surface area (Å²) in [6.45, 7) is 2.90. The van der Waals surface area contributed by atoms with Crippen molar-refractivity contribution in [1.82, 2.24) is 15.2 Å². The van der Waals surface area contributed by atoms with E-state index < -0.39 is 0 Å². The number of amides is 1. The van der Waals surface area contributed by atoms with Gasteiger partial charge in [-0.3, -0.25) is 9.89 Å². The fourth-order valence-electron chi connectivity index (χ4n) is 3.27. The monoisotopic (exact) mass is 378 g/mol. The lowest BCUT2D eigenvalue weighted by Crippen LogP contribution is -2.43. The summed E-state index contributed by atoms with van der Waals surface area (Å²) in [5.41, 5.74) is 3.26. The highest BCUT2D eigenvalue weighted by molar-refractivity contribution is 8.00. The number of para-hydroxylation sites is 1. The Balaban J connectivity index is 1.47. The summed E-state index contributed by atoms with van der Waals surface area (Å²) in [6.07, 6.45) is 2.84. The molecule has 2 heterocycles. The van der Waals surface area contributed by atoms with Crippen LogP contribution in [0.4, 0.5) is 5.69 Å². The zero-order chi connectivity index (χ0) is 18.6. The minimum atomic E-state index is -0.148. The fraction of sp³-hybridized carbons (Fsp3) is 0.286. The van der Waals surface area contributed by atoms with Crippen molar-refractivity contribution in [1.29, 1.82) is 0 Å². The summed E-state index contributed by atoms with van der Waals surface area (Å²) in [6, 6.07) is 18.2. The van der Waals surface area contributed by atoms with Crippen LogP contribution >= 0.6 is 11.8 Å². The number of hydrogen-bond acceptors (Lipinski definition) is 4. The average Bonchev–Trinajstić information content (AvgIpc) is 3.19. The van der Waals surface area contributed by atoms with Crippen molar-refractivity contribution >= 4 is 23.4 Å². The minimum absolute atomic E-state index is 0.135. The van der Waals surface area contributed by atoms with Gasteiger partial charge in [0, 0.05) is 17.8 Å². The first kappa shape index (κ1) is 17.8. The number of thioether (sulfide) groups is 1. The Labute approximate surface area is 163 Å². The maximum atomic E-state index is 12.9. The first-order valence-electron chi connectivity index (χ1n) is 9.29. The highest BCUT2D eigenvalue weighted by Crippen LogP contribution is 2.31. The zero-order valence-electron chi connectivity index (χ0n) is 15.3. The van der Waals surface area contributed by atoms with E-state index in [1.165, 1.54) is 17.3 Å². The van der Waals surface area contributed by atoms with Crippen molar-refractivity contribution in [3.63, 3.8) is 0 Å². The summed E-state index contributed by atoms with van der Waals surface area (Å²) in [7, 11) is 0. The number of nitrogens with zero attached hydrogens (tertiary/aromatic N) is 3. The normalized spacial score (nSPS) is 17.3. The molecule has 0 saturated carbocycles. The SMILES string of the molecule is CCc1ccc(-c2nc(SC3CCCN(c4ccccc4)C3=O)n[nH]2)cc1. The molecule has 3 aromatic rings. The number of aryl methyl sites for hydroxylation is 1. The lowest BCUT2D eigenvalue weighted by Gasteiger charge is -2.31. The Morgan fingerprint density at radius 3 is 2.67 bits per heavy atom. The van der Waals surface area contributed by atoms with E-state index in [-0.39, 0.29) is 11.2 Å². The summed E-state index contributed by atoms with van der Waals surface area (Å²) in [5, 5.41) is 7.79. The van der Waals surface area contributed by atoms with E-state index in [9.17, 15) is 4.79 Å². The summed E-state index contributed by atoms with van der Waals surface area (Å²) in [5.74, 6) is 0.874. The predicted octanol–water partition coefficient (Wildman–Crippen LogP) is 4.32. The third kappa shape index (κ3) is 3.90. The molecule has 6 heteroatoms. The van der Waals surface area contributed by atoms with Crippen LogP contribution in [0.25, 0.3) is 11.4 Å². The molecule has 0 bridgehead atoms. The van der Waals surface area contributed by atoms with E-state index in [0.29, 0.717) is 5.16 Å². The van der Waals surface area contributed by atoms with Gasteiger partial charge in [-0.1, -0.05) is 61.2 Å². The largest absolute Gasteiger partial charge is 0.311 e. The van der Waals surface area contributed by atoms with Crippen LogP contribution in [0.15, 0.2) is 59.8 Å². The van der Waals surface area contributed by atoms with Crippen molar-refractivity contribution < 1.29 is 4.79 Å². The van der Waals surface area contributed by atoms with Gasteiger partial charge < -0.3 is 4.90 Å². The van der Waals surface area contributed by atoms with Crippen molar-refractivity contribution in [2.24, 2.45) is 0 Å². The third-order valence-corrected chi connectivity index (χ3v) is 5.92. The number of carbonyl (C=O) groups is 1. The number of anilines is 1.